The van der Waals surface area contributed by atoms with Crippen LogP contribution >= 0.6 is 0 Å². The second-order valence-electron chi connectivity index (χ2n) is 7.04. The number of fused-ring (bicyclic) bond motifs is 1. The molecule has 1 aliphatic rings. The van der Waals surface area contributed by atoms with Crippen molar-refractivity contribution in [3.63, 3.8) is 0 Å². The largest absolute Gasteiger partial charge is 0.339 e. The standard InChI is InChI=1S/C22H22N4O3/c27-20-16-23-26(19-9-5-4-8-18(19)20)11-10-21(28)24-12-14-25(15-13-24)22(29)17-6-2-1-3-7-17/h1-9,16H,10-15H2. The van der Waals surface area contributed by atoms with Gasteiger partial charge in [-0.15, -0.1) is 0 Å². The Balaban J connectivity index is 1.35. The molecule has 2 aromatic carbocycles. The van der Waals surface area contributed by atoms with Crippen molar-refractivity contribution in [2.24, 2.45) is 0 Å². The first kappa shape index (κ1) is 18.9. The second-order valence-corrected chi connectivity index (χ2v) is 7.04. The highest BCUT2D eigenvalue weighted by Crippen LogP contribution is 2.12. The van der Waals surface area contributed by atoms with Gasteiger partial charge in [0.05, 0.1) is 18.3 Å². The Labute approximate surface area is 168 Å². The van der Waals surface area contributed by atoms with Crippen molar-refractivity contribution in [2.75, 3.05) is 26.2 Å². The second kappa shape index (κ2) is 8.26. The van der Waals surface area contributed by atoms with Gasteiger partial charge in [0.25, 0.3) is 5.91 Å². The first-order chi connectivity index (χ1) is 14.1. The Bertz CT molecular complexity index is 1090. The normalized spacial score (nSPS) is 14.2. The highest BCUT2D eigenvalue weighted by atomic mass is 16.2. The third kappa shape index (κ3) is 4.03. The van der Waals surface area contributed by atoms with Crippen molar-refractivity contribution in [1.82, 2.24) is 19.6 Å². The van der Waals surface area contributed by atoms with Gasteiger partial charge in [0.2, 0.25) is 11.3 Å². The molecule has 0 aliphatic carbocycles. The van der Waals surface area contributed by atoms with E-state index in [-0.39, 0.29) is 17.2 Å². The number of hydrogen-bond donors (Lipinski definition) is 0. The third-order valence-electron chi connectivity index (χ3n) is 5.24. The highest BCUT2D eigenvalue weighted by molar-refractivity contribution is 5.94. The van der Waals surface area contributed by atoms with Crippen molar-refractivity contribution in [3.05, 3.63) is 76.6 Å². The molecule has 0 unspecified atom stereocenters. The molecule has 0 atom stereocenters. The predicted molar refractivity (Wildman–Crippen MR) is 110 cm³/mol. The number of piperazine rings is 1. The molecule has 0 N–H and O–H groups in total. The molecule has 2 heterocycles. The van der Waals surface area contributed by atoms with Gasteiger partial charge in [-0.1, -0.05) is 30.3 Å². The SMILES string of the molecule is O=C(CCn1ncc(=O)c2ccccc21)N1CCN(C(=O)c2ccccc2)CC1. The van der Waals surface area contributed by atoms with E-state index in [4.69, 9.17) is 0 Å². The number of carbonyl (C=O) groups excluding carboxylic acids is 2. The average Bonchev–Trinajstić information content (AvgIpc) is 2.79. The van der Waals surface area contributed by atoms with Crippen molar-refractivity contribution in [3.8, 4) is 0 Å². The Hall–Kier alpha value is -3.48. The van der Waals surface area contributed by atoms with Crippen LogP contribution in [0.5, 0.6) is 0 Å². The molecule has 3 aromatic rings. The van der Waals surface area contributed by atoms with Crippen LogP contribution in [0.3, 0.4) is 0 Å². The van der Waals surface area contributed by atoms with Gasteiger partial charge in [0, 0.05) is 43.5 Å². The van der Waals surface area contributed by atoms with Crippen LogP contribution in [0.1, 0.15) is 16.8 Å². The van der Waals surface area contributed by atoms with E-state index < -0.39 is 0 Å². The Morgan fingerprint density at radius 1 is 0.862 bits per heavy atom. The molecule has 1 fully saturated rings. The number of carbonyl (C=O) groups is 2. The molecule has 0 saturated carbocycles. The fourth-order valence-corrected chi connectivity index (χ4v) is 3.62. The predicted octanol–water partition coefficient (Wildman–Crippen LogP) is 1.77. The molecule has 0 spiro atoms. The molecule has 148 valence electrons. The number of para-hydroxylation sites is 1. The van der Waals surface area contributed by atoms with E-state index >= 15 is 0 Å². The van der Waals surface area contributed by atoms with E-state index in [2.05, 4.69) is 5.10 Å². The van der Waals surface area contributed by atoms with Gasteiger partial charge in [-0.25, -0.2) is 0 Å². The molecule has 29 heavy (non-hydrogen) atoms. The summed E-state index contributed by atoms with van der Waals surface area (Å²) in [5.74, 6) is 0.0306. The van der Waals surface area contributed by atoms with E-state index in [1.165, 1.54) is 6.20 Å². The van der Waals surface area contributed by atoms with Gasteiger partial charge in [-0.05, 0) is 24.3 Å². The molecular formula is C22H22N4O3. The molecule has 7 heteroatoms. The minimum absolute atomic E-state index is 0.00151. The summed E-state index contributed by atoms with van der Waals surface area (Å²) < 4.78 is 1.70. The molecule has 1 aliphatic heterocycles. The molecule has 1 saturated heterocycles. The minimum atomic E-state index is -0.123. The van der Waals surface area contributed by atoms with Crippen molar-refractivity contribution < 1.29 is 9.59 Å². The van der Waals surface area contributed by atoms with Crippen LogP contribution in [0, 0.1) is 0 Å². The summed E-state index contributed by atoms with van der Waals surface area (Å²) in [7, 11) is 0. The number of aryl methyl sites for hydroxylation is 1. The van der Waals surface area contributed by atoms with Crippen LogP contribution in [0.25, 0.3) is 10.9 Å². The maximum atomic E-state index is 12.6. The summed E-state index contributed by atoms with van der Waals surface area (Å²) in [5.41, 5.74) is 1.27. The summed E-state index contributed by atoms with van der Waals surface area (Å²) in [6.45, 7) is 2.51. The number of aromatic nitrogens is 2. The molecule has 2 amide bonds. The number of rotatable bonds is 4. The smallest absolute Gasteiger partial charge is 0.253 e. The summed E-state index contributed by atoms with van der Waals surface area (Å²) in [6, 6.07) is 16.5. The zero-order chi connectivity index (χ0) is 20.2. The van der Waals surface area contributed by atoms with Crippen molar-refractivity contribution in [2.45, 2.75) is 13.0 Å². The van der Waals surface area contributed by atoms with E-state index in [9.17, 15) is 14.4 Å². The number of benzene rings is 2. The number of hydrogen-bond acceptors (Lipinski definition) is 4. The minimum Gasteiger partial charge on any atom is -0.339 e. The number of nitrogens with zero attached hydrogens (tertiary/aromatic N) is 4. The van der Waals surface area contributed by atoms with Gasteiger partial charge < -0.3 is 9.80 Å². The van der Waals surface area contributed by atoms with Crippen LogP contribution in [-0.2, 0) is 11.3 Å². The summed E-state index contributed by atoms with van der Waals surface area (Å²) in [6.07, 6.45) is 1.59. The molecular weight excluding hydrogens is 368 g/mol. The zero-order valence-electron chi connectivity index (χ0n) is 16.0. The molecule has 7 nitrogen and oxygen atoms in total. The molecule has 1 aromatic heterocycles. The van der Waals surface area contributed by atoms with Gasteiger partial charge in [-0.3, -0.25) is 19.1 Å². The Morgan fingerprint density at radius 3 is 2.28 bits per heavy atom. The lowest BCUT2D eigenvalue weighted by Gasteiger charge is -2.35. The lowest BCUT2D eigenvalue weighted by molar-refractivity contribution is -0.132. The van der Waals surface area contributed by atoms with Crippen LogP contribution in [0.4, 0.5) is 0 Å². The first-order valence-electron chi connectivity index (χ1n) is 9.70. The van der Waals surface area contributed by atoms with E-state index in [0.29, 0.717) is 50.1 Å². The molecule has 4 rings (SSSR count). The van der Waals surface area contributed by atoms with Crippen LogP contribution < -0.4 is 5.43 Å². The van der Waals surface area contributed by atoms with E-state index in [0.717, 1.165) is 5.52 Å². The lowest BCUT2D eigenvalue weighted by atomic mass is 10.2. The zero-order valence-corrected chi connectivity index (χ0v) is 16.0. The van der Waals surface area contributed by atoms with Crippen LogP contribution in [0.2, 0.25) is 0 Å². The maximum absolute atomic E-state index is 12.6. The first-order valence-corrected chi connectivity index (χ1v) is 9.70. The summed E-state index contributed by atoms with van der Waals surface area (Å²) in [4.78, 5) is 40.7. The topological polar surface area (TPSA) is 75.5 Å². The van der Waals surface area contributed by atoms with Crippen LogP contribution in [-0.4, -0.2) is 57.6 Å². The monoisotopic (exact) mass is 390 g/mol. The summed E-state index contributed by atoms with van der Waals surface area (Å²) in [5, 5.41) is 4.77. The maximum Gasteiger partial charge on any atom is 0.253 e. The van der Waals surface area contributed by atoms with Gasteiger partial charge in [-0.2, -0.15) is 5.10 Å². The average molecular weight is 390 g/mol. The fourth-order valence-electron chi connectivity index (χ4n) is 3.62. The Morgan fingerprint density at radius 2 is 1.52 bits per heavy atom. The molecule has 0 radical (unpaired) electrons. The van der Waals surface area contributed by atoms with Gasteiger partial charge in [0.1, 0.15) is 0 Å². The molecule has 0 bridgehead atoms. The number of amides is 2. The van der Waals surface area contributed by atoms with Gasteiger partial charge in [0.15, 0.2) is 0 Å². The van der Waals surface area contributed by atoms with Crippen molar-refractivity contribution >= 4 is 22.7 Å². The fraction of sp³-hybridized carbons (Fsp3) is 0.273. The van der Waals surface area contributed by atoms with Crippen LogP contribution in [0.15, 0.2) is 65.6 Å². The summed E-state index contributed by atoms with van der Waals surface area (Å²) >= 11 is 0. The Kier molecular flexibility index (Phi) is 5.37. The third-order valence-corrected chi connectivity index (χ3v) is 5.24. The quantitative estimate of drug-likeness (QED) is 0.680. The van der Waals surface area contributed by atoms with Crippen molar-refractivity contribution in [1.29, 1.82) is 0 Å². The van der Waals surface area contributed by atoms with E-state index in [1.54, 1.807) is 20.5 Å². The van der Waals surface area contributed by atoms with E-state index in [1.807, 2.05) is 48.5 Å². The highest BCUT2D eigenvalue weighted by Gasteiger charge is 2.24. The van der Waals surface area contributed by atoms with Gasteiger partial charge >= 0.3 is 0 Å². The lowest BCUT2D eigenvalue weighted by Crippen LogP contribution is -2.50.